The van der Waals surface area contributed by atoms with E-state index in [9.17, 15) is 9.59 Å². The number of benzene rings is 3. The molecular weight excluding hydrogens is 662 g/mol. The average molecular weight is 683 g/mol. The molecule has 0 bridgehead atoms. The highest BCUT2D eigenvalue weighted by atomic mass is 79.9. The molecule has 0 N–H and O–H groups in total. The van der Waals surface area contributed by atoms with E-state index in [0.29, 0.717) is 48.4 Å². The van der Waals surface area contributed by atoms with Crippen LogP contribution in [0.3, 0.4) is 0 Å². The Morgan fingerprint density at radius 1 is 0.951 bits per heavy atom. The van der Waals surface area contributed by atoms with Gasteiger partial charge in [0.2, 0.25) is 11.6 Å². The molecule has 0 aliphatic heterocycles. The van der Waals surface area contributed by atoms with Crippen LogP contribution in [0.15, 0.2) is 90.2 Å². The number of para-hydroxylation sites is 1. The predicted molar refractivity (Wildman–Crippen MR) is 160 cm³/mol. The van der Waals surface area contributed by atoms with Crippen LogP contribution in [0.25, 0.3) is 22.5 Å². The van der Waals surface area contributed by atoms with Crippen molar-refractivity contribution in [2.75, 3.05) is 21.3 Å². The third-order valence-electron chi connectivity index (χ3n) is 5.94. The van der Waals surface area contributed by atoms with Crippen molar-refractivity contribution in [1.82, 2.24) is 9.66 Å². The van der Waals surface area contributed by atoms with Crippen molar-refractivity contribution in [3.63, 3.8) is 0 Å². The second-order valence-electron chi connectivity index (χ2n) is 8.40. The van der Waals surface area contributed by atoms with Gasteiger partial charge in [0.05, 0.1) is 54.7 Å². The van der Waals surface area contributed by atoms with Gasteiger partial charge in [0, 0.05) is 10.0 Å². The Hall–Kier alpha value is -4.42. The van der Waals surface area contributed by atoms with Gasteiger partial charge in [-0.25, -0.2) is 9.78 Å². The van der Waals surface area contributed by atoms with Gasteiger partial charge in [-0.1, -0.05) is 28.1 Å². The molecule has 41 heavy (non-hydrogen) atoms. The van der Waals surface area contributed by atoms with Crippen molar-refractivity contribution in [2.45, 2.75) is 0 Å². The Bertz CT molecular complexity index is 1830. The maximum absolute atomic E-state index is 13.5. The highest BCUT2D eigenvalue weighted by Crippen LogP contribution is 2.39. The predicted octanol–water partition coefficient (Wildman–Crippen LogP) is 6.31. The summed E-state index contributed by atoms with van der Waals surface area (Å²) in [6, 6.07) is 16.7. The summed E-state index contributed by atoms with van der Waals surface area (Å²) >= 11 is 6.92. The molecule has 0 saturated carbocycles. The second-order valence-corrected chi connectivity index (χ2v) is 10.2. The molecule has 2 aromatic heterocycles. The van der Waals surface area contributed by atoms with Crippen LogP contribution in [0.4, 0.5) is 0 Å². The lowest BCUT2D eigenvalue weighted by molar-refractivity contribution is 0.0732. The SMILES string of the molecule is COc1cc(C(=O)Oc2c(Br)cc(Br)cc2C=Nn2c(-c3ccco3)nc3ccccc3c2=O)cc(OC)c1OC. The monoisotopic (exact) mass is 681 g/mol. The van der Waals surface area contributed by atoms with Crippen molar-refractivity contribution in [1.29, 1.82) is 0 Å². The molecule has 0 radical (unpaired) electrons. The van der Waals surface area contributed by atoms with E-state index < -0.39 is 11.5 Å². The van der Waals surface area contributed by atoms with Crippen LogP contribution in [-0.4, -0.2) is 43.2 Å². The summed E-state index contributed by atoms with van der Waals surface area (Å²) in [6.07, 6.45) is 2.88. The topological polar surface area (TPSA) is 114 Å². The molecule has 10 nitrogen and oxygen atoms in total. The number of hydrogen-bond donors (Lipinski definition) is 0. The third-order valence-corrected chi connectivity index (χ3v) is 6.99. The molecule has 5 rings (SSSR count). The normalized spacial score (nSPS) is 11.1. The molecular formula is C29H21Br2N3O7. The van der Waals surface area contributed by atoms with Gasteiger partial charge in [0.1, 0.15) is 0 Å². The highest BCUT2D eigenvalue weighted by Gasteiger charge is 2.21. The number of furan rings is 1. The van der Waals surface area contributed by atoms with Gasteiger partial charge in [-0.3, -0.25) is 4.79 Å². The lowest BCUT2D eigenvalue weighted by Crippen LogP contribution is -2.20. The van der Waals surface area contributed by atoms with Crippen LogP contribution in [0.2, 0.25) is 0 Å². The van der Waals surface area contributed by atoms with Crippen molar-refractivity contribution in [3.05, 3.63) is 97.4 Å². The summed E-state index contributed by atoms with van der Waals surface area (Å²) in [6.45, 7) is 0. The van der Waals surface area contributed by atoms with E-state index in [4.69, 9.17) is 23.4 Å². The van der Waals surface area contributed by atoms with Gasteiger partial charge < -0.3 is 23.4 Å². The first-order valence-corrected chi connectivity index (χ1v) is 13.5. The van der Waals surface area contributed by atoms with Gasteiger partial charge in [-0.2, -0.15) is 9.78 Å². The van der Waals surface area contributed by atoms with Crippen molar-refractivity contribution < 1.29 is 28.2 Å². The first-order chi connectivity index (χ1) is 19.8. The molecule has 0 saturated heterocycles. The molecule has 12 heteroatoms. The number of methoxy groups -OCH3 is 3. The zero-order chi connectivity index (χ0) is 29.1. The summed E-state index contributed by atoms with van der Waals surface area (Å²) in [7, 11) is 4.37. The zero-order valence-electron chi connectivity index (χ0n) is 21.9. The third kappa shape index (κ3) is 5.61. The van der Waals surface area contributed by atoms with E-state index in [2.05, 4.69) is 41.9 Å². The Balaban J connectivity index is 1.58. The Labute approximate surface area is 250 Å². The summed E-state index contributed by atoms with van der Waals surface area (Å²) in [4.78, 5) is 31.3. The second kappa shape index (κ2) is 12.0. The number of esters is 1. The number of carbonyl (C=O) groups excluding carboxylic acids is 1. The number of carbonyl (C=O) groups is 1. The van der Waals surface area contributed by atoms with E-state index in [1.165, 1.54) is 45.9 Å². The van der Waals surface area contributed by atoms with Gasteiger partial charge in [0.15, 0.2) is 23.0 Å². The van der Waals surface area contributed by atoms with Crippen LogP contribution in [0.1, 0.15) is 15.9 Å². The molecule has 5 aromatic rings. The van der Waals surface area contributed by atoms with E-state index >= 15 is 0 Å². The van der Waals surface area contributed by atoms with Crippen molar-refractivity contribution in [3.8, 4) is 34.6 Å². The van der Waals surface area contributed by atoms with E-state index in [1.807, 2.05) is 0 Å². The summed E-state index contributed by atoms with van der Waals surface area (Å²) in [5.41, 5.74) is 0.647. The van der Waals surface area contributed by atoms with Crippen molar-refractivity contribution in [2.24, 2.45) is 5.10 Å². The Morgan fingerprint density at radius 2 is 1.68 bits per heavy atom. The number of ether oxygens (including phenoxy) is 4. The quantitative estimate of drug-likeness (QED) is 0.106. The largest absolute Gasteiger partial charge is 0.493 e. The lowest BCUT2D eigenvalue weighted by Gasteiger charge is -2.15. The van der Waals surface area contributed by atoms with Gasteiger partial charge in [0.25, 0.3) is 5.56 Å². The molecule has 0 aliphatic rings. The molecule has 0 aliphatic carbocycles. The van der Waals surface area contributed by atoms with E-state index in [1.54, 1.807) is 48.5 Å². The Morgan fingerprint density at radius 3 is 2.34 bits per heavy atom. The highest BCUT2D eigenvalue weighted by molar-refractivity contribution is 9.11. The molecule has 208 valence electrons. The Kier molecular flexibility index (Phi) is 8.22. The van der Waals surface area contributed by atoms with Crippen molar-refractivity contribution >= 4 is 54.9 Å². The fourth-order valence-corrected chi connectivity index (χ4v) is 5.39. The number of hydrogen-bond acceptors (Lipinski definition) is 9. The fraction of sp³-hybridized carbons (Fsp3) is 0.103. The lowest BCUT2D eigenvalue weighted by atomic mass is 10.1. The number of rotatable bonds is 8. The molecule has 0 amide bonds. The van der Waals surface area contributed by atoms with Gasteiger partial charge in [-0.05, 0) is 64.5 Å². The summed E-state index contributed by atoms with van der Waals surface area (Å²) < 4.78 is 29.7. The van der Waals surface area contributed by atoms with Crippen LogP contribution in [-0.2, 0) is 0 Å². The zero-order valence-corrected chi connectivity index (χ0v) is 25.1. The fourth-order valence-electron chi connectivity index (χ4n) is 4.05. The first-order valence-electron chi connectivity index (χ1n) is 12.0. The molecule has 0 atom stereocenters. The van der Waals surface area contributed by atoms with E-state index in [-0.39, 0.29) is 17.1 Å². The van der Waals surface area contributed by atoms with Crippen LogP contribution < -0.4 is 24.5 Å². The molecule has 0 unspecified atom stereocenters. The van der Waals surface area contributed by atoms with Crippen LogP contribution >= 0.6 is 31.9 Å². The standard InChI is InChI=1S/C29H21Br2N3O7/c1-37-23-12-16(13-24(38-2)26(23)39-3)29(36)41-25-17(11-18(30)14-20(25)31)15-32-34-27(22-9-6-10-40-22)33-21-8-5-4-7-19(21)28(34)35/h4-15H,1-3H3. The minimum Gasteiger partial charge on any atom is -0.493 e. The molecule has 2 heterocycles. The maximum Gasteiger partial charge on any atom is 0.343 e. The van der Waals surface area contributed by atoms with Gasteiger partial charge >= 0.3 is 5.97 Å². The van der Waals surface area contributed by atoms with Crippen LogP contribution in [0, 0.1) is 0 Å². The van der Waals surface area contributed by atoms with E-state index in [0.717, 1.165) is 4.68 Å². The maximum atomic E-state index is 13.5. The number of aromatic nitrogens is 2. The minimum atomic E-state index is -0.692. The summed E-state index contributed by atoms with van der Waals surface area (Å²) in [5, 5.41) is 4.83. The van der Waals surface area contributed by atoms with Crippen LogP contribution in [0.5, 0.6) is 23.0 Å². The number of halogens is 2. The minimum absolute atomic E-state index is 0.160. The summed E-state index contributed by atoms with van der Waals surface area (Å²) in [5.74, 6) is 0.966. The van der Waals surface area contributed by atoms with Gasteiger partial charge in [-0.15, -0.1) is 0 Å². The number of fused-ring (bicyclic) bond motifs is 1. The average Bonchev–Trinajstić information content (AvgIpc) is 3.52. The smallest absolute Gasteiger partial charge is 0.343 e. The first kappa shape index (κ1) is 28.1. The molecule has 0 fully saturated rings. The molecule has 3 aromatic carbocycles. The molecule has 0 spiro atoms. The number of nitrogens with zero attached hydrogens (tertiary/aromatic N) is 3.